The largest absolute Gasteiger partial charge is 0.491 e. The summed E-state index contributed by atoms with van der Waals surface area (Å²) in [4.78, 5) is 7.32. The van der Waals surface area contributed by atoms with Crippen molar-refractivity contribution in [2.75, 3.05) is 18.6 Å². The van der Waals surface area contributed by atoms with Crippen molar-refractivity contribution in [3.05, 3.63) is 47.8 Å². The molecule has 3 aromatic heterocycles. The first-order chi connectivity index (χ1) is 13.1. The molecular formula is C19H19FN4O2S. The zero-order valence-electron chi connectivity index (χ0n) is 15.2. The third-order valence-corrected chi connectivity index (χ3v) is 4.91. The Kier molecular flexibility index (Phi) is 4.65. The maximum absolute atomic E-state index is 14.9. The predicted octanol–water partition coefficient (Wildman–Crippen LogP) is 4.50. The molecule has 4 rings (SSSR count). The quantitative estimate of drug-likeness (QED) is 0.494. The van der Waals surface area contributed by atoms with Crippen LogP contribution in [0.4, 0.5) is 4.39 Å². The Hall–Kier alpha value is -2.74. The van der Waals surface area contributed by atoms with Crippen LogP contribution in [0.1, 0.15) is 11.3 Å². The summed E-state index contributed by atoms with van der Waals surface area (Å²) in [5.74, 6) is 1.59. The van der Waals surface area contributed by atoms with Crippen LogP contribution in [-0.4, -0.2) is 38.2 Å². The average Bonchev–Trinajstić information content (AvgIpc) is 3.19. The fourth-order valence-corrected chi connectivity index (χ4v) is 3.28. The smallest absolute Gasteiger partial charge is 0.247 e. The maximum Gasteiger partial charge on any atom is 0.247 e. The first kappa shape index (κ1) is 17.7. The van der Waals surface area contributed by atoms with E-state index in [0.717, 1.165) is 22.5 Å². The highest BCUT2D eigenvalue weighted by Crippen LogP contribution is 2.34. The lowest BCUT2D eigenvalue weighted by atomic mass is 10.2. The monoisotopic (exact) mass is 386 g/mol. The van der Waals surface area contributed by atoms with Crippen LogP contribution in [0.3, 0.4) is 0 Å². The highest BCUT2D eigenvalue weighted by molar-refractivity contribution is 7.98. The molecule has 0 saturated carbocycles. The molecule has 0 spiro atoms. The molecule has 0 aliphatic carbocycles. The number of aromatic amines is 1. The molecule has 8 heteroatoms. The van der Waals surface area contributed by atoms with Gasteiger partial charge in [-0.15, -0.1) is 0 Å². The molecule has 0 amide bonds. The van der Waals surface area contributed by atoms with Gasteiger partial charge in [-0.3, -0.25) is 0 Å². The second kappa shape index (κ2) is 7.11. The van der Waals surface area contributed by atoms with Crippen molar-refractivity contribution in [3.63, 3.8) is 0 Å². The first-order valence-corrected chi connectivity index (χ1v) is 9.88. The standard InChI is InChI=1S/C19H19FN4O2S/c1-11-8-13-14(23-11)4-5-15(17(13)20)26-19-18-12(2)16(25-6-7-27-3)9-24(18)22-10-21-19/h4-5,8-10,23H,6-7H2,1-3H3. The fourth-order valence-electron chi connectivity index (χ4n) is 3.03. The van der Waals surface area contributed by atoms with Gasteiger partial charge in [-0.2, -0.15) is 21.8 Å². The van der Waals surface area contributed by atoms with E-state index in [4.69, 9.17) is 9.47 Å². The van der Waals surface area contributed by atoms with E-state index in [1.807, 2.05) is 20.1 Å². The molecule has 1 aromatic carbocycles. The molecule has 4 aromatic rings. The second-order valence-electron chi connectivity index (χ2n) is 6.21. The van der Waals surface area contributed by atoms with Gasteiger partial charge in [-0.05, 0) is 38.3 Å². The van der Waals surface area contributed by atoms with E-state index in [1.165, 1.54) is 6.33 Å². The normalized spacial score (nSPS) is 11.4. The number of ether oxygens (including phenoxy) is 2. The topological polar surface area (TPSA) is 64.4 Å². The van der Waals surface area contributed by atoms with Crippen LogP contribution in [0.15, 0.2) is 30.7 Å². The van der Waals surface area contributed by atoms with Crippen molar-refractivity contribution in [2.45, 2.75) is 13.8 Å². The van der Waals surface area contributed by atoms with E-state index in [2.05, 4.69) is 15.1 Å². The van der Waals surface area contributed by atoms with Crippen LogP contribution < -0.4 is 9.47 Å². The van der Waals surface area contributed by atoms with E-state index in [9.17, 15) is 4.39 Å². The van der Waals surface area contributed by atoms with Gasteiger partial charge in [0.05, 0.1) is 12.8 Å². The number of rotatable bonds is 6. The molecule has 0 fully saturated rings. The van der Waals surface area contributed by atoms with Gasteiger partial charge in [0.2, 0.25) is 5.88 Å². The van der Waals surface area contributed by atoms with Crippen LogP contribution in [0.2, 0.25) is 0 Å². The number of fused-ring (bicyclic) bond motifs is 2. The summed E-state index contributed by atoms with van der Waals surface area (Å²) in [7, 11) is 0. The Balaban J connectivity index is 1.72. The third kappa shape index (κ3) is 3.21. The van der Waals surface area contributed by atoms with Crippen LogP contribution >= 0.6 is 11.8 Å². The number of aryl methyl sites for hydroxylation is 2. The Morgan fingerprint density at radius 2 is 2.11 bits per heavy atom. The van der Waals surface area contributed by atoms with Gasteiger partial charge >= 0.3 is 0 Å². The van der Waals surface area contributed by atoms with Gasteiger partial charge in [0.1, 0.15) is 17.6 Å². The molecule has 0 unspecified atom stereocenters. The van der Waals surface area contributed by atoms with Crippen LogP contribution in [0.25, 0.3) is 16.4 Å². The number of nitrogens with zero attached hydrogens (tertiary/aromatic N) is 3. The lowest BCUT2D eigenvalue weighted by Gasteiger charge is -2.08. The number of H-pyrrole nitrogens is 1. The minimum Gasteiger partial charge on any atom is -0.491 e. The van der Waals surface area contributed by atoms with E-state index < -0.39 is 5.82 Å². The van der Waals surface area contributed by atoms with Crippen molar-refractivity contribution < 1.29 is 13.9 Å². The molecule has 0 atom stereocenters. The van der Waals surface area contributed by atoms with Gasteiger partial charge in [0.25, 0.3) is 0 Å². The molecule has 140 valence electrons. The number of thioether (sulfide) groups is 1. The number of aromatic nitrogens is 4. The predicted molar refractivity (Wildman–Crippen MR) is 105 cm³/mol. The summed E-state index contributed by atoms with van der Waals surface area (Å²) >= 11 is 1.71. The lowest BCUT2D eigenvalue weighted by Crippen LogP contribution is -1.99. The molecule has 0 bridgehead atoms. The molecular weight excluding hydrogens is 367 g/mol. The summed E-state index contributed by atoms with van der Waals surface area (Å²) in [5, 5.41) is 4.70. The minimum atomic E-state index is -0.422. The van der Waals surface area contributed by atoms with E-state index in [1.54, 1.807) is 40.7 Å². The van der Waals surface area contributed by atoms with Gasteiger partial charge in [-0.25, -0.2) is 8.91 Å². The van der Waals surface area contributed by atoms with E-state index in [-0.39, 0.29) is 11.6 Å². The number of hydrogen-bond donors (Lipinski definition) is 1. The van der Waals surface area contributed by atoms with Crippen molar-refractivity contribution in [1.82, 2.24) is 19.6 Å². The lowest BCUT2D eigenvalue weighted by molar-refractivity contribution is 0.342. The molecule has 3 heterocycles. The highest BCUT2D eigenvalue weighted by atomic mass is 32.2. The maximum atomic E-state index is 14.9. The van der Waals surface area contributed by atoms with Crippen molar-refractivity contribution in [1.29, 1.82) is 0 Å². The van der Waals surface area contributed by atoms with Crippen molar-refractivity contribution >= 4 is 28.2 Å². The molecule has 0 saturated heterocycles. The number of hydrogen-bond acceptors (Lipinski definition) is 5. The Labute approximate surface area is 159 Å². The summed E-state index contributed by atoms with van der Waals surface area (Å²) in [5.41, 5.74) is 3.13. The highest BCUT2D eigenvalue weighted by Gasteiger charge is 2.18. The zero-order chi connectivity index (χ0) is 19.0. The zero-order valence-corrected chi connectivity index (χ0v) is 16.1. The Morgan fingerprint density at radius 3 is 2.93 bits per heavy atom. The van der Waals surface area contributed by atoms with Crippen molar-refractivity contribution in [3.8, 4) is 17.4 Å². The summed E-state index contributed by atoms with van der Waals surface area (Å²) in [6.07, 6.45) is 5.19. The molecule has 6 nitrogen and oxygen atoms in total. The van der Waals surface area contributed by atoms with E-state index >= 15 is 0 Å². The van der Waals surface area contributed by atoms with Crippen LogP contribution in [-0.2, 0) is 0 Å². The van der Waals surface area contributed by atoms with Gasteiger partial charge in [-0.1, -0.05) is 0 Å². The number of benzene rings is 1. The SMILES string of the molecule is CSCCOc1cn2ncnc(Oc3ccc4[nH]c(C)cc4c3F)c2c1C. The van der Waals surface area contributed by atoms with Crippen LogP contribution in [0, 0.1) is 19.7 Å². The summed E-state index contributed by atoms with van der Waals surface area (Å²) in [6.45, 7) is 4.40. The molecule has 27 heavy (non-hydrogen) atoms. The molecule has 1 N–H and O–H groups in total. The minimum absolute atomic E-state index is 0.118. The number of halogens is 1. The summed E-state index contributed by atoms with van der Waals surface area (Å²) in [6, 6.07) is 5.15. The number of nitrogens with one attached hydrogen (secondary N) is 1. The van der Waals surface area contributed by atoms with Gasteiger partial charge < -0.3 is 14.5 Å². The Morgan fingerprint density at radius 1 is 1.26 bits per heavy atom. The second-order valence-corrected chi connectivity index (χ2v) is 7.20. The molecule has 0 aliphatic rings. The molecule has 0 radical (unpaired) electrons. The average molecular weight is 386 g/mol. The first-order valence-electron chi connectivity index (χ1n) is 8.49. The Bertz CT molecular complexity index is 1120. The van der Waals surface area contributed by atoms with Gasteiger partial charge in [0, 0.05) is 27.9 Å². The van der Waals surface area contributed by atoms with Crippen molar-refractivity contribution in [2.24, 2.45) is 0 Å². The third-order valence-electron chi connectivity index (χ3n) is 4.34. The van der Waals surface area contributed by atoms with E-state index in [0.29, 0.717) is 23.3 Å². The fraction of sp³-hybridized carbons (Fsp3) is 0.263. The summed E-state index contributed by atoms with van der Waals surface area (Å²) < 4.78 is 28.1. The van der Waals surface area contributed by atoms with Gasteiger partial charge in [0.15, 0.2) is 11.6 Å². The molecule has 0 aliphatic heterocycles. The van der Waals surface area contributed by atoms with Crippen LogP contribution in [0.5, 0.6) is 17.4 Å².